The molecular weight excluding hydrogens is 446 g/mol. The van der Waals surface area contributed by atoms with E-state index < -0.39 is 28.5 Å². The standard InChI is InChI=1S/C18H18BrN5O5/c1-3-4-8-22-14-15(20-17(22)19)21(2)18(27)23(16(14)26)10-13(25)11-6-5-7-12(9-11)24(28)29/h5-7,9H,3-4,8,10H2,1-2H3. The number of Topliss-reactive ketones (excluding diaryl/α,β-unsaturated/α-hetero) is 1. The Morgan fingerprint density at radius 1 is 1.28 bits per heavy atom. The van der Waals surface area contributed by atoms with Gasteiger partial charge in [0.15, 0.2) is 21.7 Å². The van der Waals surface area contributed by atoms with Crippen LogP contribution in [0.15, 0.2) is 38.6 Å². The van der Waals surface area contributed by atoms with E-state index in [1.807, 2.05) is 6.92 Å². The lowest BCUT2D eigenvalue weighted by atomic mass is 10.1. The largest absolute Gasteiger partial charge is 0.332 e. The van der Waals surface area contributed by atoms with Gasteiger partial charge in [-0.2, -0.15) is 0 Å². The van der Waals surface area contributed by atoms with Crippen LogP contribution in [0.4, 0.5) is 5.69 Å². The summed E-state index contributed by atoms with van der Waals surface area (Å²) in [5.74, 6) is -0.578. The molecule has 3 rings (SSSR count). The number of non-ortho nitro benzene ring substituents is 1. The Hall–Kier alpha value is -3.08. The fourth-order valence-electron chi connectivity index (χ4n) is 3.03. The number of rotatable bonds is 7. The van der Waals surface area contributed by atoms with Crippen molar-refractivity contribution in [3.63, 3.8) is 0 Å². The molecule has 2 aromatic heterocycles. The van der Waals surface area contributed by atoms with E-state index in [2.05, 4.69) is 20.9 Å². The lowest BCUT2D eigenvalue weighted by Crippen LogP contribution is -2.41. The fraction of sp³-hybridized carbons (Fsp3) is 0.333. The first-order valence-electron chi connectivity index (χ1n) is 8.89. The Labute approximate surface area is 172 Å². The van der Waals surface area contributed by atoms with E-state index in [0.29, 0.717) is 11.3 Å². The number of unbranched alkanes of at least 4 members (excludes halogenated alkanes) is 1. The summed E-state index contributed by atoms with van der Waals surface area (Å²) >= 11 is 3.32. The zero-order valence-corrected chi connectivity index (χ0v) is 17.4. The molecule has 29 heavy (non-hydrogen) atoms. The SMILES string of the molecule is CCCCn1c(Br)nc2c1c(=O)n(CC(=O)c1cccc([N+](=O)[O-])c1)c(=O)n2C. The van der Waals surface area contributed by atoms with E-state index in [1.165, 1.54) is 29.8 Å². The van der Waals surface area contributed by atoms with Gasteiger partial charge in [-0.05, 0) is 22.4 Å². The molecule has 2 heterocycles. The number of fused-ring (bicyclic) bond motifs is 1. The van der Waals surface area contributed by atoms with E-state index in [9.17, 15) is 24.5 Å². The number of nitro groups is 1. The predicted octanol–water partition coefficient (Wildman–Crippen LogP) is 2.25. The second kappa shape index (κ2) is 8.11. The minimum absolute atomic E-state index is 0.0499. The lowest BCUT2D eigenvalue weighted by molar-refractivity contribution is -0.384. The van der Waals surface area contributed by atoms with Crippen LogP contribution >= 0.6 is 15.9 Å². The number of hydrogen-bond donors (Lipinski definition) is 0. The number of hydrogen-bond acceptors (Lipinski definition) is 6. The van der Waals surface area contributed by atoms with E-state index in [0.717, 1.165) is 23.5 Å². The zero-order valence-electron chi connectivity index (χ0n) is 15.8. The summed E-state index contributed by atoms with van der Waals surface area (Å²) in [7, 11) is 1.47. The highest BCUT2D eigenvalue weighted by atomic mass is 79.9. The normalized spacial score (nSPS) is 11.1. The van der Waals surface area contributed by atoms with Crippen LogP contribution in [0.2, 0.25) is 0 Å². The van der Waals surface area contributed by atoms with Crippen LogP contribution in [0.1, 0.15) is 30.1 Å². The van der Waals surface area contributed by atoms with Crippen molar-refractivity contribution in [3.05, 3.63) is 65.5 Å². The maximum absolute atomic E-state index is 13.0. The molecule has 0 saturated carbocycles. The van der Waals surface area contributed by atoms with Crippen molar-refractivity contribution >= 4 is 38.6 Å². The van der Waals surface area contributed by atoms with Crippen molar-refractivity contribution in [1.29, 1.82) is 0 Å². The first kappa shape index (κ1) is 20.6. The lowest BCUT2D eigenvalue weighted by Gasteiger charge is -2.09. The molecular formula is C18H18BrN5O5. The quantitative estimate of drug-likeness (QED) is 0.229. The third kappa shape index (κ3) is 3.77. The molecule has 0 saturated heterocycles. The van der Waals surface area contributed by atoms with Gasteiger partial charge in [-0.3, -0.25) is 28.8 Å². The summed E-state index contributed by atoms with van der Waals surface area (Å²) in [6, 6.07) is 5.17. The Balaban J connectivity index is 2.11. The van der Waals surface area contributed by atoms with Crippen molar-refractivity contribution in [1.82, 2.24) is 18.7 Å². The molecule has 0 unspecified atom stereocenters. The molecule has 3 aromatic rings. The molecule has 0 aliphatic rings. The summed E-state index contributed by atoms with van der Waals surface area (Å²) in [5.41, 5.74) is -1.06. The van der Waals surface area contributed by atoms with Gasteiger partial charge in [0.2, 0.25) is 0 Å². The number of aryl methyl sites for hydroxylation is 2. The van der Waals surface area contributed by atoms with Gasteiger partial charge < -0.3 is 4.57 Å². The van der Waals surface area contributed by atoms with Crippen LogP contribution in [0.5, 0.6) is 0 Å². The van der Waals surface area contributed by atoms with Crippen LogP contribution in [0.3, 0.4) is 0 Å². The Morgan fingerprint density at radius 3 is 2.66 bits per heavy atom. The number of nitrogens with zero attached hydrogens (tertiary/aromatic N) is 5. The summed E-state index contributed by atoms with van der Waals surface area (Å²) in [5, 5.41) is 10.9. The van der Waals surface area contributed by atoms with Crippen LogP contribution in [-0.2, 0) is 20.1 Å². The number of nitro benzene ring substituents is 1. The van der Waals surface area contributed by atoms with E-state index >= 15 is 0 Å². The number of halogens is 1. The maximum atomic E-state index is 13.0. The molecule has 11 heteroatoms. The van der Waals surface area contributed by atoms with Crippen molar-refractivity contribution in [3.8, 4) is 0 Å². The first-order chi connectivity index (χ1) is 13.8. The van der Waals surface area contributed by atoms with Gasteiger partial charge in [0, 0.05) is 31.3 Å². The molecule has 0 fully saturated rings. The van der Waals surface area contributed by atoms with Gasteiger partial charge >= 0.3 is 5.69 Å². The van der Waals surface area contributed by atoms with Crippen LogP contribution < -0.4 is 11.2 Å². The molecule has 0 bridgehead atoms. The third-order valence-corrected chi connectivity index (χ3v) is 5.21. The van der Waals surface area contributed by atoms with Gasteiger partial charge in [0.1, 0.15) is 0 Å². The summed E-state index contributed by atoms with van der Waals surface area (Å²) in [6.07, 6.45) is 1.70. The molecule has 0 spiro atoms. The number of imidazole rings is 1. The Morgan fingerprint density at radius 2 is 2.00 bits per heavy atom. The minimum Gasteiger partial charge on any atom is -0.313 e. The molecule has 0 N–H and O–H groups in total. The van der Waals surface area contributed by atoms with Gasteiger partial charge in [-0.25, -0.2) is 9.78 Å². The van der Waals surface area contributed by atoms with Gasteiger partial charge in [-0.15, -0.1) is 0 Å². The summed E-state index contributed by atoms with van der Waals surface area (Å²) in [4.78, 5) is 53.0. The third-order valence-electron chi connectivity index (χ3n) is 4.60. The first-order valence-corrected chi connectivity index (χ1v) is 9.68. The summed E-state index contributed by atoms with van der Waals surface area (Å²) < 4.78 is 4.15. The van der Waals surface area contributed by atoms with E-state index in [-0.39, 0.29) is 22.4 Å². The second-order valence-corrected chi connectivity index (χ2v) is 7.23. The number of carbonyl (C=O) groups excluding carboxylic acids is 1. The molecule has 0 aliphatic heterocycles. The molecule has 0 aliphatic carbocycles. The van der Waals surface area contributed by atoms with Crippen molar-refractivity contribution in [2.75, 3.05) is 0 Å². The van der Waals surface area contributed by atoms with Crippen molar-refractivity contribution in [2.24, 2.45) is 7.05 Å². The average molecular weight is 464 g/mol. The molecule has 0 atom stereocenters. The van der Waals surface area contributed by atoms with E-state index in [1.54, 1.807) is 4.57 Å². The number of ketones is 1. The Bertz CT molecular complexity index is 1240. The number of carbonyl (C=O) groups is 1. The fourth-order valence-corrected chi connectivity index (χ4v) is 3.56. The topological polar surface area (TPSA) is 122 Å². The highest BCUT2D eigenvalue weighted by Crippen LogP contribution is 2.18. The highest BCUT2D eigenvalue weighted by molar-refractivity contribution is 9.10. The molecule has 0 amide bonds. The maximum Gasteiger partial charge on any atom is 0.332 e. The molecule has 1 aromatic carbocycles. The van der Waals surface area contributed by atoms with Crippen molar-refractivity contribution in [2.45, 2.75) is 32.9 Å². The van der Waals surface area contributed by atoms with Crippen molar-refractivity contribution < 1.29 is 9.72 Å². The molecule has 152 valence electrons. The average Bonchev–Trinajstić information content (AvgIpc) is 3.04. The number of aromatic nitrogens is 4. The molecule has 10 nitrogen and oxygen atoms in total. The van der Waals surface area contributed by atoms with Gasteiger partial charge in [-0.1, -0.05) is 25.5 Å². The summed E-state index contributed by atoms with van der Waals surface area (Å²) in [6.45, 7) is 2.01. The smallest absolute Gasteiger partial charge is 0.313 e. The Kier molecular flexibility index (Phi) is 5.78. The van der Waals surface area contributed by atoms with E-state index in [4.69, 9.17) is 0 Å². The van der Waals surface area contributed by atoms with Crippen LogP contribution in [0, 0.1) is 10.1 Å². The molecule has 0 radical (unpaired) electrons. The van der Waals surface area contributed by atoms with Gasteiger partial charge in [0.25, 0.3) is 11.2 Å². The second-order valence-electron chi connectivity index (χ2n) is 6.52. The number of benzene rings is 1. The zero-order chi connectivity index (χ0) is 21.3. The van der Waals surface area contributed by atoms with Gasteiger partial charge in [0.05, 0.1) is 11.5 Å². The highest BCUT2D eigenvalue weighted by Gasteiger charge is 2.21. The van der Waals surface area contributed by atoms with Crippen LogP contribution in [0.25, 0.3) is 11.2 Å². The predicted molar refractivity (Wildman–Crippen MR) is 109 cm³/mol. The van der Waals surface area contributed by atoms with Crippen LogP contribution in [-0.4, -0.2) is 29.4 Å². The monoisotopic (exact) mass is 463 g/mol. The minimum atomic E-state index is -0.686.